The van der Waals surface area contributed by atoms with Crippen LogP contribution >= 0.6 is 0 Å². The first-order valence-corrected chi connectivity index (χ1v) is 12.0. The monoisotopic (exact) mass is 441 g/mol. The zero-order valence-electron chi connectivity index (χ0n) is 20.3. The summed E-state index contributed by atoms with van der Waals surface area (Å²) in [4.78, 5) is 12.6. The van der Waals surface area contributed by atoms with Crippen molar-refractivity contribution in [1.82, 2.24) is 15.0 Å². The standard InChI is InChI=1S/C24H41F2N3O2/c1-7-9-12-16-23(5,6)31-20(30)17-18-13-10-11-14-19-21(24(18,25)26)27-28-29(19)22(3,4)15-8-2/h18H,7-17H2,1-6H3. The highest BCUT2D eigenvalue weighted by Crippen LogP contribution is 2.44. The predicted octanol–water partition coefficient (Wildman–Crippen LogP) is 6.54. The zero-order chi connectivity index (χ0) is 23.3. The number of alkyl halides is 2. The lowest BCUT2D eigenvalue weighted by Gasteiger charge is -2.31. The van der Waals surface area contributed by atoms with Gasteiger partial charge in [0.2, 0.25) is 0 Å². The van der Waals surface area contributed by atoms with Gasteiger partial charge in [-0.15, -0.1) is 5.10 Å². The fraction of sp³-hybridized carbons (Fsp3) is 0.875. The number of hydrogen-bond donors (Lipinski definition) is 0. The molecule has 0 spiro atoms. The number of fused-ring (bicyclic) bond motifs is 1. The van der Waals surface area contributed by atoms with Crippen molar-refractivity contribution in [1.29, 1.82) is 0 Å². The van der Waals surface area contributed by atoms with Crippen LogP contribution in [0.4, 0.5) is 8.78 Å². The summed E-state index contributed by atoms with van der Waals surface area (Å²) < 4.78 is 38.5. The molecule has 0 bridgehead atoms. The van der Waals surface area contributed by atoms with Gasteiger partial charge in [-0.2, -0.15) is 8.78 Å². The topological polar surface area (TPSA) is 57.0 Å². The number of nitrogens with zero attached hydrogens (tertiary/aromatic N) is 3. The van der Waals surface area contributed by atoms with Crippen LogP contribution in [-0.2, 0) is 27.4 Å². The first-order valence-electron chi connectivity index (χ1n) is 12.0. The average molecular weight is 442 g/mol. The Morgan fingerprint density at radius 2 is 1.84 bits per heavy atom. The molecule has 1 aromatic rings. The number of carbonyl (C=O) groups excluding carboxylic acids is 1. The van der Waals surface area contributed by atoms with Gasteiger partial charge in [-0.1, -0.05) is 44.7 Å². The fourth-order valence-electron chi connectivity index (χ4n) is 4.68. The largest absolute Gasteiger partial charge is 0.460 e. The minimum atomic E-state index is -3.21. The molecule has 0 aliphatic heterocycles. The Morgan fingerprint density at radius 1 is 1.13 bits per heavy atom. The van der Waals surface area contributed by atoms with Crippen molar-refractivity contribution in [3.63, 3.8) is 0 Å². The molecule has 0 amide bonds. The Morgan fingerprint density at radius 3 is 2.48 bits per heavy atom. The van der Waals surface area contributed by atoms with E-state index in [9.17, 15) is 4.79 Å². The molecule has 2 rings (SSSR count). The number of esters is 1. The third kappa shape index (κ3) is 6.48. The number of ether oxygens (including phenoxy) is 1. The summed E-state index contributed by atoms with van der Waals surface area (Å²) in [6, 6.07) is 0. The van der Waals surface area contributed by atoms with Gasteiger partial charge in [0.15, 0.2) is 5.69 Å². The van der Waals surface area contributed by atoms with Gasteiger partial charge in [-0.25, -0.2) is 4.68 Å². The minimum absolute atomic E-state index is 0.253. The molecule has 1 heterocycles. The molecule has 1 atom stereocenters. The summed E-state index contributed by atoms with van der Waals surface area (Å²) in [7, 11) is 0. The molecule has 0 fully saturated rings. The maximum Gasteiger partial charge on any atom is 0.306 e. The third-order valence-electron chi connectivity index (χ3n) is 6.43. The highest BCUT2D eigenvalue weighted by molar-refractivity contribution is 5.70. The van der Waals surface area contributed by atoms with Crippen LogP contribution in [-0.4, -0.2) is 26.6 Å². The van der Waals surface area contributed by atoms with E-state index in [0.717, 1.165) is 44.9 Å². The van der Waals surface area contributed by atoms with Crippen LogP contribution in [0.2, 0.25) is 0 Å². The zero-order valence-corrected chi connectivity index (χ0v) is 20.3. The second kappa shape index (κ2) is 10.4. The molecule has 178 valence electrons. The lowest BCUT2D eigenvalue weighted by molar-refractivity contribution is -0.164. The lowest BCUT2D eigenvalue weighted by Crippen LogP contribution is -2.35. The van der Waals surface area contributed by atoms with Crippen molar-refractivity contribution >= 4 is 5.97 Å². The molecule has 1 unspecified atom stereocenters. The van der Waals surface area contributed by atoms with E-state index in [1.165, 1.54) is 0 Å². The molecule has 0 aromatic carbocycles. The Kier molecular flexibility index (Phi) is 8.62. The summed E-state index contributed by atoms with van der Waals surface area (Å²) in [6.07, 6.45) is 7.54. The maximum absolute atomic E-state index is 15.6. The van der Waals surface area contributed by atoms with E-state index in [4.69, 9.17) is 4.74 Å². The molecule has 31 heavy (non-hydrogen) atoms. The number of halogens is 2. The maximum atomic E-state index is 15.6. The summed E-state index contributed by atoms with van der Waals surface area (Å²) in [5.74, 6) is -4.88. The molecule has 7 heteroatoms. The van der Waals surface area contributed by atoms with E-state index < -0.39 is 23.4 Å². The average Bonchev–Trinajstić information content (AvgIpc) is 3.08. The second-order valence-corrected chi connectivity index (χ2v) is 10.3. The Bertz CT molecular complexity index is 728. The fourth-order valence-corrected chi connectivity index (χ4v) is 4.68. The van der Waals surface area contributed by atoms with Crippen molar-refractivity contribution in [3.05, 3.63) is 11.4 Å². The van der Waals surface area contributed by atoms with Crippen LogP contribution in [0.15, 0.2) is 0 Å². The molecule has 1 aromatic heterocycles. The number of carbonyl (C=O) groups is 1. The van der Waals surface area contributed by atoms with E-state index in [2.05, 4.69) is 24.2 Å². The summed E-state index contributed by atoms with van der Waals surface area (Å²) in [5.41, 5.74) is -0.749. The molecule has 0 radical (unpaired) electrons. The van der Waals surface area contributed by atoms with E-state index in [0.29, 0.717) is 18.5 Å². The highest BCUT2D eigenvalue weighted by atomic mass is 19.3. The molecular formula is C24H41F2N3O2. The van der Waals surface area contributed by atoms with Crippen molar-refractivity contribution in [2.45, 2.75) is 129 Å². The van der Waals surface area contributed by atoms with Gasteiger partial charge in [0, 0.05) is 5.92 Å². The van der Waals surface area contributed by atoms with E-state index in [1.54, 1.807) is 4.68 Å². The molecular weight excluding hydrogens is 400 g/mol. The van der Waals surface area contributed by atoms with Gasteiger partial charge in [-0.3, -0.25) is 4.79 Å². The highest BCUT2D eigenvalue weighted by Gasteiger charge is 2.48. The van der Waals surface area contributed by atoms with Gasteiger partial charge in [-0.05, 0) is 66.2 Å². The van der Waals surface area contributed by atoms with E-state index in [1.807, 2.05) is 27.7 Å². The predicted molar refractivity (Wildman–Crippen MR) is 118 cm³/mol. The molecule has 0 saturated heterocycles. The van der Waals surface area contributed by atoms with Crippen molar-refractivity contribution in [3.8, 4) is 0 Å². The number of aromatic nitrogens is 3. The van der Waals surface area contributed by atoms with Crippen molar-refractivity contribution in [2.75, 3.05) is 0 Å². The first-order chi connectivity index (χ1) is 14.4. The van der Waals surface area contributed by atoms with Crippen molar-refractivity contribution < 1.29 is 18.3 Å². The van der Waals surface area contributed by atoms with Gasteiger partial charge in [0.1, 0.15) is 5.60 Å². The quantitative estimate of drug-likeness (QED) is 0.305. The summed E-state index contributed by atoms with van der Waals surface area (Å²) in [5, 5.41) is 8.10. The van der Waals surface area contributed by atoms with E-state index in [-0.39, 0.29) is 24.1 Å². The first kappa shape index (κ1) is 25.7. The van der Waals surface area contributed by atoms with Crippen LogP contribution in [0.25, 0.3) is 0 Å². The normalized spacial score (nSPS) is 19.4. The Hall–Kier alpha value is -1.53. The number of hydrogen-bond acceptors (Lipinski definition) is 4. The SMILES string of the molecule is CCCCCC(C)(C)OC(=O)CC1CCCCc2c(nnn2C(C)(C)CCC)C1(F)F. The molecule has 1 aliphatic carbocycles. The van der Waals surface area contributed by atoms with Gasteiger partial charge in [0.05, 0.1) is 17.7 Å². The van der Waals surface area contributed by atoms with E-state index >= 15 is 8.78 Å². The van der Waals surface area contributed by atoms with Crippen LogP contribution < -0.4 is 0 Å². The number of rotatable bonds is 10. The van der Waals surface area contributed by atoms with Crippen LogP contribution in [0, 0.1) is 5.92 Å². The molecule has 0 saturated carbocycles. The van der Waals surface area contributed by atoms with Crippen LogP contribution in [0.1, 0.15) is 117 Å². The molecule has 0 N–H and O–H groups in total. The van der Waals surface area contributed by atoms with Gasteiger partial charge in [0.25, 0.3) is 5.92 Å². The Balaban J connectivity index is 2.20. The van der Waals surface area contributed by atoms with Crippen molar-refractivity contribution in [2.24, 2.45) is 5.92 Å². The third-order valence-corrected chi connectivity index (χ3v) is 6.43. The smallest absolute Gasteiger partial charge is 0.306 e. The van der Waals surface area contributed by atoms with Crippen LogP contribution in [0.5, 0.6) is 0 Å². The number of unbranched alkanes of at least 4 members (excludes halogenated alkanes) is 2. The van der Waals surface area contributed by atoms with Crippen LogP contribution in [0.3, 0.4) is 0 Å². The lowest BCUT2D eigenvalue weighted by atomic mass is 9.85. The molecule has 5 nitrogen and oxygen atoms in total. The van der Waals surface area contributed by atoms with Gasteiger partial charge >= 0.3 is 5.97 Å². The minimum Gasteiger partial charge on any atom is -0.460 e. The molecule has 1 aliphatic rings. The summed E-state index contributed by atoms with van der Waals surface area (Å²) in [6.45, 7) is 11.9. The second-order valence-electron chi connectivity index (χ2n) is 10.3. The Labute approximate surface area is 186 Å². The van der Waals surface area contributed by atoms with Gasteiger partial charge < -0.3 is 4.74 Å². The summed E-state index contributed by atoms with van der Waals surface area (Å²) >= 11 is 0.